The van der Waals surface area contributed by atoms with Gasteiger partial charge in [-0.25, -0.2) is 4.79 Å². The van der Waals surface area contributed by atoms with Gasteiger partial charge >= 0.3 is 18.8 Å². The second-order valence-corrected chi connectivity index (χ2v) is 3.51. The first-order valence-corrected chi connectivity index (χ1v) is 4.91. The number of carbonyl (C=O) groups excluding carboxylic acids is 1. The molecule has 0 saturated heterocycles. The van der Waals surface area contributed by atoms with E-state index in [0.717, 1.165) is 20.1 Å². The van der Waals surface area contributed by atoms with Gasteiger partial charge in [0.2, 0.25) is 0 Å². The van der Waals surface area contributed by atoms with E-state index in [-0.39, 0.29) is 0 Å². The number of hydrogen-bond acceptors (Lipinski definition) is 3. The van der Waals surface area contributed by atoms with Gasteiger partial charge in [-0.2, -0.15) is 22.0 Å². The number of halogens is 5. The Labute approximate surface area is 104 Å². The zero-order valence-electron chi connectivity index (χ0n) is 9.85. The van der Waals surface area contributed by atoms with Crippen molar-refractivity contribution in [3.63, 3.8) is 0 Å². The second kappa shape index (κ2) is 5.41. The lowest BCUT2D eigenvalue weighted by molar-refractivity contribution is -0.138. The van der Waals surface area contributed by atoms with Crippen molar-refractivity contribution in [3.05, 3.63) is 28.8 Å². The van der Waals surface area contributed by atoms with E-state index in [1.54, 1.807) is 0 Å². The summed E-state index contributed by atoms with van der Waals surface area (Å²) in [5.74, 6) is -1.82. The van der Waals surface area contributed by atoms with Crippen LogP contribution in [0.1, 0.15) is 21.5 Å². The van der Waals surface area contributed by atoms with Gasteiger partial charge in [0, 0.05) is 0 Å². The van der Waals surface area contributed by atoms with Crippen LogP contribution in [0.4, 0.5) is 22.0 Å². The zero-order chi connectivity index (χ0) is 14.8. The van der Waals surface area contributed by atoms with Crippen LogP contribution in [-0.4, -0.2) is 19.7 Å². The van der Waals surface area contributed by atoms with E-state index in [9.17, 15) is 26.7 Å². The monoisotopic (exact) mass is 284 g/mol. The van der Waals surface area contributed by atoms with Crippen LogP contribution in [0, 0.1) is 6.92 Å². The number of alkyl halides is 5. The molecule has 0 radical (unpaired) electrons. The summed E-state index contributed by atoms with van der Waals surface area (Å²) < 4.78 is 70.4. The summed E-state index contributed by atoms with van der Waals surface area (Å²) in [6.07, 6.45) is -4.80. The van der Waals surface area contributed by atoms with Crippen LogP contribution in [0.15, 0.2) is 12.1 Å². The molecule has 0 bridgehead atoms. The third-order valence-corrected chi connectivity index (χ3v) is 2.32. The van der Waals surface area contributed by atoms with Crippen molar-refractivity contribution in [2.24, 2.45) is 0 Å². The van der Waals surface area contributed by atoms with Crippen LogP contribution in [0.2, 0.25) is 0 Å². The Bertz CT molecular complexity index is 482. The number of carbonyl (C=O) groups is 1. The molecule has 1 rings (SSSR count). The molecule has 0 fully saturated rings. The van der Waals surface area contributed by atoms with Gasteiger partial charge in [-0.3, -0.25) is 0 Å². The first kappa shape index (κ1) is 15.2. The molecule has 1 aromatic rings. The van der Waals surface area contributed by atoms with E-state index < -0.39 is 41.2 Å². The fourth-order valence-electron chi connectivity index (χ4n) is 1.48. The number of hydrogen-bond donors (Lipinski definition) is 0. The average molecular weight is 284 g/mol. The SMILES string of the molecule is COC(=O)c1cc(OC(F)F)cc(C(F)(F)F)c1C. The number of rotatable bonds is 3. The molecule has 8 heteroatoms. The molecule has 3 nitrogen and oxygen atoms in total. The van der Waals surface area contributed by atoms with Gasteiger partial charge in [-0.1, -0.05) is 0 Å². The third-order valence-electron chi connectivity index (χ3n) is 2.32. The Hall–Kier alpha value is -1.86. The summed E-state index contributed by atoms with van der Waals surface area (Å²) in [6, 6.07) is 1.19. The lowest BCUT2D eigenvalue weighted by Gasteiger charge is -2.15. The maximum Gasteiger partial charge on any atom is 0.416 e. The predicted molar refractivity (Wildman–Crippen MR) is 54.2 cm³/mol. The molecule has 0 aromatic heterocycles. The fourth-order valence-corrected chi connectivity index (χ4v) is 1.48. The maximum absolute atomic E-state index is 12.7. The first-order valence-electron chi connectivity index (χ1n) is 4.91. The molecule has 19 heavy (non-hydrogen) atoms. The molecule has 0 aliphatic rings. The summed E-state index contributed by atoms with van der Waals surface area (Å²) in [5.41, 5.74) is -2.13. The minimum Gasteiger partial charge on any atom is -0.465 e. The van der Waals surface area contributed by atoms with Gasteiger partial charge in [0.15, 0.2) is 0 Å². The van der Waals surface area contributed by atoms with Crippen LogP contribution in [0.25, 0.3) is 0 Å². The zero-order valence-corrected chi connectivity index (χ0v) is 9.85. The van der Waals surface area contributed by atoms with E-state index in [2.05, 4.69) is 9.47 Å². The Balaban J connectivity index is 3.43. The van der Waals surface area contributed by atoms with Gasteiger partial charge in [0.25, 0.3) is 0 Å². The van der Waals surface area contributed by atoms with Crippen molar-refractivity contribution >= 4 is 5.97 Å². The summed E-state index contributed by atoms with van der Waals surface area (Å²) in [4.78, 5) is 11.3. The van der Waals surface area contributed by atoms with E-state index in [0.29, 0.717) is 6.07 Å². The molecule has 0 spiro atoms. The van der Waals surface area contributed by atoms with Gasteiger partial charge < -0.3 is 9.47 Å². The number of esters is 1. The number of benzene rings is 1. The van der Waals surface area contributed by atoms with Crippen LogP contribution in [0.5, 0.6) is 5.75 Å². The Morgan fingerprint density at radius 1 is 1.26 bits per heavy atom. The molecule has 0 N–H and O–H groups in total. The van der Waals surface area contributed by atoms with E-state index >= 15 is 0 Å². The van der Waals surface area contributed by atoms with Crippen LogP contribution in [0.3, 0.4) is 0 Å². The molecular formula is C11H9F5O3. The second-order valence-electron chi connectivity index (χ2n) is 3.51. The van der Waals surface area contributed by atoms with Gasteiger partial charge in [-0.05, 0) is 24.6 Å². The first-order chi connectivity index (χ1) is 8.66. The molecule has 0 aliphatic carbocycles. The average Bonchev–Trinajstić information content (AvgIpc) is 2.28. The number of methoxy groups -OCH3 is 1. The van der Waals surface area contributed by atoms with Gasteiger partial charge in [-0.15, -0.1) is 0 Å². The molecule has 0 heterocycles. The van der Waals surface area contributed by atoms with Gasteiger partial charge in [0.1, 0.15) is 5.75 Å². The predicted octanol–water partition coefficient (Wildman–Crippen LogP) is 3.40. The molecule has 0 atom stereocenters. The lowest BCUT2D eigenvalue weighted by atomic mass is 10.0. The third kappa shape index (κ3) is 3.55. The fraction of sp³-hybridized carbons (Fsp3) is 0.364. The Morgan fingerprint density at radius 3 is 2.26 bits per heavy atom. The largest absolute Gasteiger partial charge is 0.465 e. The summed E-state index contributed by atoms with van der Waals surface area (Å²) in [5, 5.41) is 0. The summed E-state index contributed by atoms with van der Waals surface area (Å²) in [6.45, 7) is -2.25. The lowest BCUT2D eigenvalue weighted by Crippen LogP contribution is -2.14. The standard InChI is InChI=1S/C11H9F5O3/c1-5-7(9(17)18-2)3-6(19-10(12)13)4-8(5)11(14,15)16/h3-4,10H,1-2H3. The highest BCUT2D eigenvalue weighted by atomic mass is 19.4. The van der Waals surface area contributed by atoms with Gasteiger partial charge in [0.05, 0.1) is 18.2 Å². The molecular weight excluding hydrogens is 275 g/mol. The van der Waals surface area contributed by atoms with Crippen LogP contribution < -0.4 is 4.74 Å². The highest BCUT2D eigenvalue weighted by Gasteiger charge is 2.35. The van der Waals surface area contributed by atoms with Crippen LogP contribution >= 0.6 is 0 Å². The molecule has 0 aliphatic heterocycles. The smallest absolute Gasteiger partial charge is 0.416 e. The van der Waals surface area contributed by atoms with Crippen molar-refractivity contribution in [2.45, 2.75) is 19.7 Å². The van der Waals surface area contributed by atoms with E-state index in [4.69, 9.17) is 0 Å². The normalized spacial score (nSPS) is 11.6. The van der Waals surface area contributed by atoms with Crippen molar-refractivity contribution in [1.82, 2.24) is 0 Å². The summed E-state index contributed by atoms with van der Waals surface area (Å²) >= 11 is 0. The van der Waals surface area contributed by atoms with Crippen molar-refractivity contribution in [2.75, 3.05) is 7.11 Å². The highest BCUT2D eigenvalue weighted by molar-refractivity contribution is 5.92. The molecule has 106 valence electrons. The Morgan fingerprint density at radius 2 is 1.84 bits per heavy atom. The van der Waals surface area contributed by atoms with E-state index in [1.165, 1.54) is 0 Å². The topological polar surface area (TPSA) is 35.5 Å². The molecule has 1 aromatic carbocycles. The minimum absolute atomic E-state index is 0.411. The molecule has 0 unspecified atom stereocenters. The van der Waals surface area contributed by atoms with E-state index in [1.807, 2.05) is 0 Å². The Kier molecular flexibility index (Phi) is 4.33. The molecule has 0 saturated carbocycles. The quantitative estimate of drug-likeness (QED) is 0.630. The highest BCUT2D eigenvalue weighted by Crippen LogP contribution is 2.36. The number of ether oxygens (including phenoxy) is 2. The van der Waals surface area contributed by atoms with Crippen molar-refractivity contribution in [3.8, 4) is 5.75 Å². The maximum atomic E-state index is 12.7. The van der Waals surface area contributed by atoms with Crippen LogP contribution in [-0.2, 0) is 10.9 Å². The minimum atomic E-state index is -4.80. The van der Waals surface area contributed by atoms with Crippen molar-refractivity contribution < 1.29 is 36.2 Å². The van der Waals surface area contributed by atoms with Crippen molar-refractivity contribution in [1.29, 1.82) is 0 Å². The molecule has 0 amide bonds. The summed E-state index contributed by atoms with van der Waals surface area (Å²) in [7, 11) is 0.968.